The van der Waals surface area contributed by atoms with E-state index in [-0.39, 0.29) is 17.3 Å². The number of aromatic nitrogens is 2. The van der Waals surface area contributed by atoms with Crippen molar-refractivity contribution in [1.82, 2.24) is 9.55 Å². The lowest BCUT2D eigenvalue weighted by atomic mass is 10.1. The number of hydrogen-bond donors (Lipinski definition) is 1. The molecule has 6 nitrogen and oxygen atoms in total. The molecule has 0 spiro atoms. The van der Waals surface area contributed by atoms with Crippen molar-refractivity contribution in [2.75, 3.05) is 0 Å². The minimum atomic E-state index is -0.577. The summed E-state index contributed by atoms with van der Waals surface area (Å²) in [5.41, 5.74) is -0.204. The van der Waals surface area contributed by atoms with Gasteiger partial charge in [0.1, 0.15) is 10.8 Å². The zero-order valence-electron chi connectivity index (χ0n) is 14.0. The van der Waals surface area contributed by atoms with Crippen LogP contribution >= 0.6 is 11.6 Å². The molecule has 0 aliphatic heterocycles. The van der Waals surface area contributed by atoms with E-state index in [4.69, 9.17) is 16.3 Å². The molecule has 0 bridgehead atoms. The zero-order chi connectivity index (χ0) is 18.1. The summed E-state index contributed by atoms with van der Waals surface area (Å²) in [5.74, 6) is -0.425. The molecule has 0 unspecified atom stereocenters. The van der Waals surface area contributed by atoms with Crippen molar-refractivity contribution in [2.45, 2.75) is 39.8 Å². The van der Waals surface area contributed by atoms with Crippen molar-refractivity contribution in [3.8, 4) is 0 Å². The Hall–Kier alpha value is -2.34. The number of rotatable bonds is 3. The molecule has 1 heterocycles. The molecule has 1 aromatic heterocycles. The Morgan fingerprint density at radius 3 is 2.33 bits per heavy atom. The van der Waals surface area contributed by atoms with Gasteiger partial charge in [0.25, 0.3) is 5.56 Å². The van der Waals surface area contributed by atoms with Crippen LogP contribution in [0.2, 0.25) is 5.15 Å². The first kappa shape index (κ1) is 18.0. The number of ether oxygens (including phenoxy) is 1. The second kappa shape index (κ2) is 6.65. The molecule has 0 amide bonds. The summed E-state index contributed by atoms with van der Waals surface area (Å²) in [6.45, 7) is 7.01. The number of hydrogen-bond acceptors (Lipinski definition) is 4. The van der Waals surface area contributed by atoms with E-state index in [1.54, 1.807) is 52.0 Å². The Kier molecular flexibility index (Phi) is 4.99. The first-order chi connectivity index (χ1) is 11.1. The number of benzene rings is 1. The highest BCUT2D eigenvalue weighted by Crippen LogP contribution is 2.13. The lowest BCUT2D eigenvalue weighted by molar-refractivity contribution is 0.00695. The Morgan fingerprint density at radius 1 is 1.21 bits per heavy atom. The van der Waals surface area contributed by atoms with Crippen LogP contribution in [0.1, 0.15) is 42.3 Å². The molecule has 2 aromatic rings. The minimum absolute atomic E-state index is 0.0431. The maximum absolute atomic E-state index is 12.1. The Bertz CT molecular complexity index is 873. The van der Waals surface area contributed by atoms with E-state index < -0.39 is 22.8 Å². The van der Waals surface area contributed by atoms with Gasteiger partial charge in [-0.05, 0) is 45.4 Å². The highest BCUT2D eigenvalue weighted by molar-refractivity contribution is 6.30. The molecule has 0 saturated carbocycles. The monoisotopic (exact) mass is 350 g/mol. The highest BCUT2D eigenvalue weighted by Gasteiger charge is 2.17. The Labute approximate surface area is 144 Å². The summed E-state index contributed by atoms with van der Waals surface area (Å²) in [4.78, 5) is 38.4. The van der Waals surface area contributed by atoms with Crippen molar-refractivity contribution in [2.24, 2.45) is 0 Å². The molecular weight excluding hydrogens is 332 g/mol. The summed E-state index contributed by atoms with van der Waals surface area (Å²) < 4.78 is 6.34. The van der Waals surface area contributed by atoms with Gasteiger partial charge < -0.3 is 4.74 Å². The van der Waals surface area contributed by atoms with Crippen LogP contribution < -0.4 is 11.2 Å². The lowest BCUT2D eigenvalue weighted by Crippen LogP contribution is -2.36. The summed E-state index contributed by atoms with van der Waals surface area (Å²) in [6, 6.07) is 6.56. The third-order valence-corrected chi connectivity index (χ3v) is 3.66. The number of aromatic amines is 1. The number of halogens is 1. The molecule has 2 rings (SSSR count). The number of carbonyl (C=O) groups excluding carboxylic acids is 1. The molecular formula is C17H19ClN2O4. The van der Waals surface area contributed by atoms with Gasteiger partial charge in [-0.2, -0.15) is 0 Å². The number of nitrogens with zero attached hydrogens (tertiary/aromatic N) is 1. The van der Waals surface area contributed by atoms with Gasteiger partial charge in [-0.1, -0.05) is 23.7 Å². The fourth-order valence-corrected chi connectivity index (χ4v) is 2.21. The fourth-order valence-electron chi connectivity index (χ4n) is 2.05. The van der Waals surface area contributed by atoms with Crippen LogP contribution in [0.4, 0.5) is 0 Å². The average molecular weight is 351 g/mol. The first-order valence-electron chi connectivity index (χ1n) is 7.40. The SMILES string of the molecule is Cc1c(Cl)[nH]c(=O)n(Cc2ccc(C(=O)OC(C)(C)C)cc2)c1=O. The summed E-state index contributed by atoms with van der Waals surface area (Å²) in [5, 5.41) is 0.0431. The van der Waals surface area contributed by atoms with Crippen molar-refractivity contribution >= 4 is 17.6 Å². The maximum Gasteiger partial charge on any atom is 0.338 e. The summed E-state index contributed by atoms with van der Waals surface area (Å²) >= 11 is 5.78. The predicted molar refractivity (Wildman–Crippen MR) is 91.8 cm³/mol. The standard InChI is InChI=1S/C17H19ClN2O4/c1-10-13(18)19-16(23)20(14(10)21)9-11-5-7-12(8-6-11)15(22)24-17(2,3)4/h5-8H,9H2,1-4H3,(H,19,23). The minimum Gasteiger partial charge on any atom is -0.456 e. The summed E-state index contributed by atoms with van der Waals surface area (Å²) in [6.07, 6.45) is 0. The molecule has 0 radical (unpaired) electrons. The molecule has 1 N–H and O–H groups in total. The third-order valence-electron chi connectivity index (χ3n) is 3.29. The molecule has 0 aliphatic rings. The molecule has 128 valence electrons. The number of nitrogens with one attached hydrogen (secondary N) is 1. The molecule has 0 aliphatic carbocycles. The molecule has 0 saturated heterocycles. The molecule has 0 atom stereocenters. The van der Waals surface area contributed by atoms with Gasteiger partial charge in [-0.3, -0.25) is 14.3 Å². The molecule has 1 aromatic carbocycles. The number of H-pyrrole nitrogens is 1. The van der Waals surface area contributed by atoms with Gasteiger partial charge in [0.15, 0.2) is 0 Å². The predicted octanol–water partition coefficient (Wildman–Crippen LogP) is 2.50. The Morgan fingerprint density at radius 2 is 1.79 bits per heavy atom. The van der Waals surface area contributed by atoms with Gasteiger partial charge in [0.05, 0.1) is 12.1 Å². The quantitative estimate of drug-likeness (QED) is 0.681. The Balaban J connectivity index is 2.25. The van der Waals surface area contributed by atoms with Gasteiger partial charge in [0.2, 0.25) is 0 Å². The van der Waals surface area contributed by atoms with Gasteiger partial charge in [-0.15, -0.1) is 0 Å². The molecule has 24 heavy (non-hydrogen) atoms. The van der Waals surface area contributed by atoms with Crippen LogP contribution in [-0.4, -0.2) is 21.1 Å². The smallest absolute Gasteiger partial charge is 0.338 e. The van der Waals surface area contributed by atoms with E-state index in [2.05, 4.69) is 4.98 Å². The summed E-state index contributed by atoms with van der Waals surface area (Å²) in [7, 11) is 0. The van der Waals surface area contributed by atoms with Crippen molar-refractivity contribution in [1.29, 1.82) is 0 Å². The molecule has 7 heteroatoms. The molecule has 0 fully saturated rings. The van der Waals surface area contributed by atoms with E-state index >= 15 is 0 Å². The average Bonchev–Trinajstić information content (AvgIpc) is 2.48. The second-order valence-corrected chi connectivity index (χ2v) is 6.84. The second-order valence-electron chi connectivity index (χ2n) is 6.46. The largest absolute Gasteiger partial charge is 0.456 e. The highest BCUT2D eigenvalue weighted by atomic mass is 35.5. The van der Waals surface area contributed by atoms with E-state index in [1.165, 1.54) is 0 Å². The number of carbonyl (C=O) groups is 1. The zero-order valence-corrected chi connectivity index (χ0v) is 14.7. The van der Waals surface area contributed by atoms with Crippen LogP contribution in [0, 0.1) is 6.92 Å². The van der Waals surface area contributed by atoms with Crippen molar-refractivity contribution in [3.05, 3.63) is 66.9 Å². The third kappa shape index (κ3) is 4.14. The maximum atomic E-state index is 12.1. The van der Waals surface area contributed by atoms with Crippen LogP contribution in [0.5, 0.6) is 0 Å². The lowest BCUT2D eigenvalue weighted by Gasteiger charge is -2.19. The number of esters is 1. The van der Waals surface area contributed by atoms with Gasteiger partial charge in [-0.25, -0.2) is 9.59 Å². The van der Waals surface area contributed by atoms with Crippen LogP contribution in [-0.2, 0) is 11.3 Å². The first-order valence-corrected chi connectivity index (χ1v) is 7.78. The topological polar surface area (TPSA) is 81.2 Å². The van der Waals surface area contributed by atoms with Gasteiger partial charge >= 0.3 is 11.7 Å². The van der Waals surface area contributed by atoms with E-state index in [0.717, 1.165) is 4.57 Å². The fraction of sp³-hybridized carbons (Fsp3) is 0.353. The van der Waals surface area contributed by atoms with E-state index in [0.29, 0.717) is 11.1 Å². The van der Waals surface area contributed by atoms with Crippen molar-refractivity contribution in [3.63, 3.8) is 0 Å². The van der Waals surface area contributed by atoms with Crippen molar-refractivity contribution < 1.29 is 9.53 Å². The van der Waals surface area contributed by atoms with Crippen LogP contribution in [0.15, 0.2) is 33.9 Å². The normalized spacial score (nSPS) is 11.4. The van der Waals surface area contributed by atoms with E-state index in [9.17, 15) is 14.4 Å². The van der Waals surface area contributed by atoms with Crippen LogP contribution in [0.25, 0.3) is 0 Å². The van der Waals surface area contributed by atoms with Crippen LogP contribution in [0.3, 0.4) is 0 Å². The van der Waals surface area contributed by atoms with E-state index in [1.807, 2.05) is 0 Å². The van der Waals surface area contributed by atoms with Gasteiger partial charge in [0, 0.05) is 5.56 Å².